The molecule has 2 aromatic rings. The molecule has 0 saturated heterocycles. The highest BCUT2D eigenvalue weighted by Crippen LogP contribution is 2.34. The monoisotopic (exact) mass is 457 g/mol. The van der Waals surface area contributed by atoms with Crippen LogP contribution in [0.15, 0.2) is 83.1 Å². The molecule has 5 heteroatoms. The first-order valence-corrected chi connectivity index (χ1v) is 11.8. The lowest BCUT2D eigenvalue weighted by Gasteiger charge is -2.20. The van der Waals surface area contributed by atoms with Crippen LogP contribution in [0.5, 0.6) is 5.75 Å². The Kier molecular flexibility index (Phi) is 7.63. The van der Waals surface area contributed by atoms with Crippen molar-refractivity contribution >= 4 is 18.0 Å². The molecule has 5 nitrogen and oxygen atoms in total. The highest BCUT2D eigenvalue weighted by atomic mass is 16.5. The number of carbonyl (C=O) groups excluding carboxylic acids is 2. The van der Waals surface area contributed by atoms with Gasteiger partial charge in [0.25, 0.3) is 5.91 Å². The molecule has 2 aromatic carbocycles. The summed E-state index contributed by atoms with van der Waals surface area (Å²) in [7, 11) is 1.34. The molecule has 0 radical (unpaired) electrons. The van der Waals surface area contributed by atoms with Crippen LogP contribution in [0.3, 0.4) is 0 Å². The first-order chi connectivity index (χ1) is 16.6. The number of ether oxygens (including phenoxy) is 2. The van der Waals surface area contributed by atoms with E-state index in [-0.39, 0.29) is 5.91 Å². The summed E-state index contributed by atoms with van der Waals surface area (Å²) in [5, 5.41) is 0. The fourth-order valence-electron chi connectivity index (χ4n) is 4.51. The van der Waals surface area contributed by atoms with Crippen LogP contribution < -0.4 is 4.74 Å². The fourth-order valence-corrected chi connectivity index (χ4v) is 4.51. The molecule has 2 aliphatic rings. The van der Waals surface area contributed by atoms with Crippen molar-refractivity contribution in [1.82, 2.24) is 4.90 Å². The maximum atomic E-state index is 13.5. The summed E-state index contributed by atoms with van der Waals surface area (Å²) < 4.78 is 11.1. The number of hydrogen-bond donors (Lipinski definition) is 0. The van der Waals surface area contributed by atoms with Gasteiger partial charge >= 0.3 is 5.97 Å². The van der Waals surface area contributed by atoms with E-state index in [4.69, 9.17) is 9.47 Å². The van der Waals surface area contributed by atoms with E-state index in [2.05, 4.69) is 6.08 Å². The van der Waals surface area contributed by atoms with E-state index in [1.54, 1.807) is 11.0 Å². The van der Waals surface area contributed by atoms with Gasteiger partial charge < -0.3 is 14.4 Å². The van der Waals surface area contributed by atoms with Crippen molar-refractivity contribution in [2.24, 2.45) is 0 Å². The number of benzene rings is 2. The van der Waals surface area contributed by atoms with Crippen molar-refractivity contribution in [2.45, 2.75) is 45.6 Å². The summed E-state index contributed by atoms with van der Waals surface area (Å²) in [5.74, 6) is -0.0225. The second kappa shape index (κ2) is 11.0. The quantitative estimate of drug-likeness (QED) is 0.284. The minimum atomic E-state index is -0.501. The summed E-state index contributed by atoms with van der Waals surface area (Å²) >= 11 is 0. The van der Waals surface area contributed by atoms with Gasteiger partial charge in [0.15, 0.2) is 0 Å². The SMILES string of the molecule is COC(=O)C1=C(C)N(CCC2=CCCCC2)C(=O)/C1=C\c1ccccc1OCc1ccccc1. The lowest BCUT2D eigenvalue weighted by molar-refractivity contribution is -0.136. The normalized spacial score (nSPS) is 17.2. The first kappa shape index (κ1) is 23.6. The third kappa shape index (κ3) is 5.30. The van der Waals surface area contributed by atoms with Crippen LogP contribution in [-0.2, 0) is 20.9 Å². The molecule has 1 heterocycles. The zero-order valence-corrected chi connectivity index (χ0v) is 19.9. The number of rotatable bonds is 8. The van der Waals surface area contributed by atoms with Gasteiger partial charge in [0.1, 0.15) is 12.4 Å². The van der Waals surface area contributed by atoms with Crippen LogP contribution in [0, 0.1) is 0 Å². The van der Waals surface area contributed by atoms with Crippen LogP contribution in [-0.4, -0.2) is 30.4 Å². The van der Waals surface area contributed by atoms with Crippen LogP contribution in [0.1, 0.15) is 50.2 Å². The molecule has 0 N–H and O–H groups in total. The maximum absolute atomic E-state index is 13.5. The molecule has 34 heavy (non-hydrogen) atoms. The zero-order valence-electron chi connectivity index (χ0n) is 19.9. The molecule has 4 rings (SSSR count). The largest absolute Gasteiger partial charge is 0.488 e. The van der Waals surface area contributed by atoms with Crippen LogP contribution >= 0.6 is 0 Å². The molecule has 0 spiro atoms. The number of nitrogens with zero attached hydrogens (tertiary/aromatic N) is 1. The number of esters is 1. The summed E-state index contributed by atoms with van der Waals surface area (Å²) in [6.45, 7) is 2.79. The molecule has 0 bridgehead atoms. The van der Waals surface area contributed by atoms with Crippen LogP contribution in [0.2, 0.25) is 0 Å². The molecule has 1 amide bonds. The Morgan fingerprint density at radius 2 is 1.82 bits per heavy atom. The number of allylic oxidation sites excluding steroid dienone is 2. The van der Waals surface area contributed by atoms with E-state index in [9.17, 15) is 9.59 Å². The zero-order chi connectivity index (χ0) is 23.9. The van der Waals surface area contributed by atoms with E-state index in [0.29, 0.717) is 35.7 Å². The van der Waals surface area contributed by atoms with Crippen molar-refractivity contribution in [3.63, 3.8) is 0 Å². The van der Waals surface area contributed by atoms with Crippen molar-refractivity contribution in [2.75, 3.05) is 13.7 Å². The number of hydrogen-bond acceptors (Lipinski definition) is 4. The van der Waals surface area contributed by atoms with Gasteiger partial charge in [0, 0.05) is 17.8 Å². The van der Waals surface area contributed by atoms with Gasteiger partial charge in [-0.15, -0.1) is 0 Å². The predicted molar refractivity (Wildman–Crippen MR) is 133 cm³/mol. The molecule has 0 fully saturated rings. The van der Waals surface area contributed by atoms with E-state index in [1.165, 1.54) is 25.5 Å². The Morgan fingerprint density at radius 1 is 1.06 bits per heavy atom. The third-order valence-electron chi connectivity index (χ3n) is 6.40. The number of carbonyl (C=O) groups is 2. The van der Waals surface area contributed by atoms with E-state index < -0.39 is 5.97 Å². The van der Waals surface area contributed by atoms with Crippen LogP contribution in [0.4, 0.5) is 0 Å². The van der Waals surface area contributed by atoms with Crippen molar-refractivity contribution in [1.29, 1.82) is 0 Å². The highest BCUT2D eigenvalue weighted by molar-refractivity contribution is 6.16. The van der Waals surface area contributed by atoms with Crippen molar-refractivity contribution in [3.05, 3.63) is 94.2 Å². The molecular weight excluding hydrogens is 426 g/mol. The number of amides is 1. The Morgan fingerprint density at radius 3 is 2.56 bits per heavy atom. The average Bonchev–Trinajstić information content (AvgIpc) is 3.11. The first-order valence-electron chi connectivity index (χ1n) is 11.8. The fraction of sp³-hybridized carbons (Fsp3) is 0.310. The van der Waals surface area contributed by atoms with E-state index in [1.807, 2.05) is 61.5 Å². The lowest BCUT2D eigenvalue weighted by atomic mass is 9.97. The Balaban J connectivity index is 1.60. The Bertz CT molecular complexity index is 1140. The molecule has 1 aliphatic carbocycles. The number of para-hydroxylation sites is 1. The smallest absolute Gasteiger partial charge is 0.340 e. The van der Waals surface area contributed by atoms with Crippen molar-refractivity contribution in [3.8, 4) is 5.75 Å². The van der Waals surface area contributed by atoms with Gasteiger partial charge in [-0.25, -0.2) is 4.79 Å². The Labute approximate surface area is 201 Å². The molecule has 0 saturated carbocycles. The van der Waals surface area contributed by atoms with Gasteiger partial charge in [-0.1, -0.05) is 60.2 Å². The average molecular weight is 458 g/mol. The maximum Gasteiger partial charge on any atom is 0.340 e. The summed E-state index contributed by atoms with van der Waals surface area (Å²) in [6, 6.07) is 17.5. The minimum absolute atomic E-state index is 0.174. The van der Waals surface area contributed by atoms with E-state index in [0.717, 1.165) is 30.4 Å². The lowest BCUT2D eigenvalue weighted by Crippen LogP contribution is -2.26. The predicted octanol–water partition coefficient (Wildman–Crippen LogP) is 5.83. The topological polar surface area (TPSA) is 55.8 Å². The molecule has 0 atom stereocenters. The summed E-state index contributed by atoms with van der Waals surface area (Å²) in [5.41, 5.74) is 4.50. The minimum Gasteiger partial charge on any atom is -0.488 e. The summed E-state index contributed by atoms with van der Waals surface area (Å²) in [6.07, 6.45) is 9.49. The van der Waals surface area contributed by atoms with Gasteiger partial charge in [-0.3, -0.25) is 4.79 Å². The second-order valence-corrected chi connectivity index (χ2v) is 8.64. The molecule has 176 valence electrons. The van der Waals surface area contributed by atoms with Gasteiger partial charge in [-0.2, -0.15) is 0 Å². The van der Waals surface area contributed by atoms with Crippen molar-refractivity contribution < 1.29 is 19.1 Å². The van der Waals surface area contributed by atoms with Crippen LogP contribution in [0.25, 0.3) is 6.08 Å². The standard InChI is InChI=1S/C29H31NO4/c1-21-27(29(32)33-2)25(28(31)30(21)18-17-22-11-5-3-6-12-22)19-24-15-9-10-16-26(24)34-20-23-13-7-4-8-14-23/h4,7-11,13-16,19H,3,5-6,12,17-18,20H2,1-2H3/b25-19-. The van der Waals surface area contributed by atoms with Gasteiger partial charge in [0.2, 0.25) is 0 Å². The number of methoxy groups -OCH3 is 1. The molecule has 1 aliphatic heterocycles. The Hall–Kier alpha value is -3.60. The second-order valence-electron chi connectivity index (χ2n) is 8.64. The van der Waals surface area contributed by atoms with E-state index >= 15 is 0 Å². The molecule has 0 aromatic heterocycles. The summed E-state index contributed by atoms with van der Waals surface area (Å²) in [4.78, 5) is 27.8. The van der Waals surface area contributed by atoms with Gasteiger partial charge in [-0.05, 0) is 56.7 Å². The third-order valence-corrected chi connectivity index (χ3v) is 6.40. The van der Waals surface area contributed by atoms with Gasteiger partial charge in [0.05, 0.1) is 18.3 Å². The molecule has 0 unspecified atom stereocenters. The highest BCUT2D eigenvalue weighted by Gasteiger charge is 2.37. The molecular formula is C29H31NO4.